The summed E-state index contributed by atoms with van der Waals surface area (Å²) in [4.78, 5) is 21.4. The maximum atomic E-state index is 12.4. The Balaban J connectivity index is 1.79. The topological polar surface area (TPSA) is 30.0 Å². The zero-order valence-electron chi connectivity index (χ0n) is 12.6. The van der Waals surface area contributed by atoms with E-state index in [2.05, 4.69) is 37.0 Å². The molecule has 0 aliphatic carbocycles. The molecule has 3 aromatic heterocycles. The van der Waals surface area contributed by atoms with Crippen molar-refractivity contribution in [2.24, 2.45) is 0 Å². The second-order valence-electron chi connectivity index (χ2n) is 5.37. The molecule has 4 heteroatoms. The molecule has 0 spiro atoms. The standard InChI is InChI=1S/C18H17NOS2/c1-12-3-4-17(21-12)18-15(9-13(2)22-18)11-16(20)10-14-5-7-19-8-6-14/h3-9H,10-11H2,1-2H3. The lowest BCUT2D eigenvalue weighted by Crippen LogP contribution is -2.06. The third-order valence-corrected chi connectivity index (χ3v) is 5.71. The van der Waals surface area contributed by atoms with E-state index in [1.807, 2.05) is 12.1 Å². The summed E-state index contributed by atoms with van der Waals surface area (Å²) >= 11 is 3.57. The molecular formula is C18H17NOS2. The van der Waals surface area contributed by atoms with Crippen LogP contribution < -0.4 is 0 Å². The van der Waals surface area contributed by atoms with E-state index in [1.165, 1.54) is 19.5 Å². The Morgan fingerprint density at radius 2 is 1.77 bits per heavy atom. The van der Waals surface area contributed by atoms with E-state index < -0.39 is 0 Å². The van der Waals surface area contributed by atoms with E-state index in [1.54, 1.807) is 35.1 Å². The van der Waals surface area contributed by atoms with Gasteiger partial charge in [0.25, 0.3) is 0 Å². The molecule has 0 radical (unpaired) electrons. The fourth-order valence-electron chi connectivity index (χ4n) is 2.47. The minimum atomic E-state index is 0.249. The van der Waals surface area contributed by atoms with E-state index in [0.717, 1.165) is 11.1 Å². The van der Waals surface area contributed by atoms with Gasteiger partial charge in [0.05, 0.1) is 0 Å². The Morgan fingerprint density at radius 3 is 2.45 bits per heavy atom. The summed E-state index contributed by atoms with van der Waals surface area (Å²) in [6.07, 6.45) is 4.44. The first-order valence-corrected chi connectivity index (χ1v) is 8.82. The molecular weight excluding hydrogens is 310 g/mol. The van der Waals surface area contributed by atoms with Crippen LogP contribution in [0.25, 0.3) is 9.75 Å². The van der Waals surface area contributed by atoms with Gasteiger partial charge < -0.3 is 0 Å². The number of aromatic nitrogens is 1. The van der Waals surface area contributed by atoms with Crippen molar-refractivity contribution in [3.63, 3.8) is 0 Å². The largest absolute Gasteiger partial charge is 0.299 e. The second-order valence-corrected chi connectivity index (χ2v) is 7.91. The average Bonchev–Trinajstić information content (AvgIpc) is 3.06. The van der Waals surface area contributed by atoms with Crippen LogP contribution in [-0.2, 0) is 17.6 Å². The van der Waals surface area contributed by atoms with E-state index in [4.69, 9.17) is 0 Å². The molecule has 0 saturated heterocycles. The van der Waals surface area contributed by atoms with Crippen molar-refractivity contribution in [1.29, 1.82) is 0 Å². The number of carbonyl (C=O) groups is 1. The molecule has 2 nitrogen and oxygen atoms in total. The van der Waals surface area contributed by atoms with Crippen molar-refractivity contribution in [2.45, 2.75) is 26.7 Å². The van der Waals surface area contributed by atoms with E-state index in [-0.39, 0.29) is 5.78 Å². The summed E-state index contributed by atoms with van der Waals surface area (Å²) in [6.45, 7) is 4.22. The Morgan fingerprint density at radius 1 is 1.00 bits per heavy atom. The van der Waals surface area contributed by atoms with Crippen LogP contribution in [0.2, 0.25) is 0 Å². The van der Waals surface area contributed by atoms with Crippen LogP contribution in [0.1, 0.15) is 20.9 Å². The van der Waals surface area contributed by atoms with Crippen molar-refractivity contribution in [3.8, 4) is 9.75 Å². The van der Waals surface area contributed by atoms with Crippen LogP contribution >= 0.6 is 22.7 Å². The molecule has 3 heterocycles. The summed E-state index contributed by atoms with van der Waals surface area (Å²) in [5.74, 6) is 0.249. The van der Waals surface area contributed by atoms with Gasteiger partial charge in [0.15, 0.2) is 0 Å². The molecule has 0 aliphatic rings. The fourth-order valence-corrected chi connectivity index (χ4v) is 4.51. The third kappa shape index (κ3) is 3.51. The zero-order chi connectivity index (χ0) is 15.5. The molecule has 0 unspecified atom stereocenters. The monoisotopic (exact) mass is 327 g/mol. The minimum Gasteiger partial charge on any atom is -0.299 e. The van der Waals surface area contributed by atoms with Gasteiger partial charge in [-0.2, -0.15) is 0 Å². The lowest BCUT2D eigenvalue weighted by Gasteiger charge is -2.02. The van der Waals surface area contributed by atoms with Crippen LogP contribution in [0.4, 0.5) is 0 Å². The van der Waals surface area contributed by atoms with Gasteiger partial charge in [0.1, 0.15) is 5.78 Å². The molecule has 22 heavy (non-hydrogen) atoms. The maximum absolute atomic E-state index is 12.4. The van der Waals surface area contributed by atoms with E-state index in [0.29, 0.717) is 12.8 Å². The summed E-state index contributed by atoms with van der Waals surface area (Å²) in [5.41, 5.74) is 2.18. The van der Waals surface area contributed by atoms with Crippen molar-refractivity contribution < 1.29 is 4.79 Å². The van der Waals surface area contributed by atoms with Crippen molar-refractivity contribution >= 4 is 28.5 Å². The van der Waals surface area contributed by atoms with Crippen LogP contribution in [-0.4, -0.2) is 10.8 Å². The molecule has 112 valence electrons. The predicted molar refractivity (Wildman–Crippen MR) is 93.8 cm³/mol. The summed E-state index contributed by atoms with van der Waals surface area (Å²) in [5, 5.41) is 0. The lowest BCUT2D eigenvalue weighted by molar-refractivity contribution is -0.117. The van der Waals surface area contributed by atoms with Crippen molar-refractivity contribution in [3.05, 3.63) is 63.6 Å². The highest BCUT2D eigenvalue weighted by molar-refractivity contribution is 7.22. The third-order valence-electron chi connectivity index (χ3n) is 3.43. The van der Waals surface area contributed by atoms with E-state index in [9.17, 15) is 4.79 Å². The second kappa shape index (κ2) is 6.55. The number of ketones is 1. The number of rotatable bonds is 5. The number of hydrogen-bond donors (Lipinski definition) is 0. The molecule has 0 amide bonds. The van der Waals surface area contributed by atoms with Gasteiger partial charge in [0, 0.05) is 44.7 Å². The van der Waals surface area contributed by atoms with Crippen LogP contribution in [0.15, 0.2) is 42.7 Å². The molecule has 3 aromatic rings. The Labute approximate surface area is 138 Å². The summed E-state index contributed by atoms with van der Waals surface area (Å²) in [7, 11) is 0. The van der Waals surface area contributed by atoms with Gasteiger partial charge in [-0.3, -0.25) is 9.78 Å². The average molecular weight is 327 g/mol. The van der Waals surface area contributed by atoms with Gasteiger partial charge in [-0.25, -0.2) is 0 Å². The minimum absolute atomic E-state index is 0.249. The SMILES string of the molecule is Cc1ccc(-c2sc(C)cc2CC(=O)Cc2ccncc2)s1. The van der Waals surface area contributed by atoms with Crippen LogP contribution in [0, 0.1) is 13.8 Å². The van der Waals surface area contributed by atoms with Gasteiger partial charge >= 0.3 is 0 Å². The van der Waals surface area contributed by atoms with E-state index >= 15 is 0 Å². The summed E-state index contributed by atoms with van der Waals surface area (Å²) < 4.78 is 0. The molecule has 0 saturated carbocycles. The summed E-state index contributed by atoms with van der Waals surface area (Å²) in [6, 6.07) is 10.2. The number of nitrogens with zero attached hydrogens (tertiary/aromatic N) is 1. The highest BCUT2D eigenvalue weighted by Gasteiger charge is 2.14. The molecule has 0 atom stereocenters. The molecule has 3 rings (SSSR count). The smallest absolute Gasteiger partial charge is 0.141 e. The normalized spacial score (nSPS) is 10.8. The Bertz CT molecular complexity index is 787. The van der Waals surface area contributed by atoms with Gasteiger partial charge in [-0.15, -0.1) is 22.7 Å². The Hall–Kier alpha value is -1.78. The molecule has 0 N–H and O–H groups in total. The number of hydrogen-bond acceptors (Lipinski definition) is 4. The number of Topliss-reactive ketones (excluding diaryl/α,β-unsaturated/α-hetero) is 1. The number of carbonyl (C=O) groups excluding carboxylic acids is 1. The van der Waals surface area contributed by atoms with Gasteiger partial charge in [-0.1, -0.05) is 0 Å². The Kier molecular flexibility index (Phi) is 4.50. The molecule has 0 bridgehead atoms. The van der Waals surface area contributed by atoms with Gasteiger partial charge in [-0.05, 0) is 55.3 Å². The van der Waals surface area contributed by atoms with Crippen molar-refractivity contribution in [1.82, 2.24) is 4.98 Å². The molecule has 0 aromatic carbocycles. The number of thiophene rings is 2. The quantitative estimate of drug-likeness (QED) is 0.671. The number of aryl methyl sites for hydroxylation is 2. The van der Waals surface area contributed by atoms with Crippen LogP contribution in [0.5, 0.6) is 0 Å². The number of pyridine rings is 1. The van der Waals surface area contributed by atoms with Crippen LogP contribution in [0.3, 0.4) is 0 Å². The highest BCUT2D eigenvalue weighted by Crippen LogP contribution is 2.37. The lowest BCUT2D eigenvalue weighted by atomic mass is 10.0. The highest BCUT2D eigenvalue weighted by atomic mass is 32.1. The molecule has 0 aliphatic heterocycles. The first kappa shape index (κ1) is 15.1. The maximum Gasteiger partial charge on any atom is 0.141 e. The first-order valence-electron chi connectivity index (χ1n) is 7.18. The fraction of sp³-hybridized carbons (Fsp3) is 0.222. The zero-order valence-corrected chi connectivity index (χ0v) is 14.3. The predicted octanol–water partition coefficient (Wildman–Crippen LogP) is 4.84. The molecule has 0 fully saturated rings. The van der Waals surface area contributed by atoms with Crippen molar-refractivity contribution in [2.75, 3.05) is 0 Å². The first-order chi connectivity index (χ1) is 10.6. The van der Waals surface area contributed by atoms with Gasteiger partial charge in [0.2, 0.25) is 0 Å².